The molecule has 0 atom stereocenters. The minimum atomic E-state index is -0.122. The predicted molar refractivity (Wildman–Crippen MR) is 121 cm³/mol. The van der Waals surface area contributed by atoms with E-state index in [4.69, 9.17) is 4.42 Å². The van der Waals surface area contributed by atoms with E-state index in [-0.39, 0.29) is 5.91 Å². The molecule has 9 heteroatoms. The van der Waals surface area contributed by atoms with Crippen LogP contribution >= 0.6 is 11.3 Å². The van der Waals surface area contributed by atoms with Gasteiger partial charge in [-0.05, 0) is 36.8 Å². The Labute approximate surface area is 183 Å². The van der Waals surface area contributed by atoms with Gasteiger partial charge in [-0.1, -0.05) is 6.07 Å². The van der Waals surface area contributed by atoms with Crippen molar-refractivity contribution in [3.8, 4) is 0 Å². The maximum atomic E-state index is 12.8. The van der Waals surface area contributed by atoms with Crippen LogP contribution in [0.4, 0.5) is 11.6 Å². The van der Waals surface area contributed by atoms with E-state index in [0.717, 1.165) is 59.4 Å². The van der Waals surface area contributed by atoms with Gasteiger partial charge in [-0.15, -0.1) is 11.3 Å². The fraction of sp³-hybridized carbons (Fsp3) is 0.273. The number of piperazine rings is 1. The maximum absolute atomic E-state index is 12.8. The molecule has 0 unspecified atom stereocenters. The first-order valence-electron chi connectivity index (χ1n) is 10.2. The molecule has 0 aromatic carbocycles. The Morgan fingerprint density at radius 3 is 2.68 bits per heavy atom. The van der Waals surface area contributed by atoms with Crippen molar-refractivity contribution in [3.63, 3.8) is 0 Å². The summed E-state index contributed by atoms with van der Waals surface area (Å²) in [5.74, 6) is 2.49. The van der Waals surface area contributed by atoms with Crippen molar-refractivity contribution in [3.05, 3.63) is 65.3 Å². The first-order chi connectivity index (χ1) is 15.2. The second-order valence-electron chi connectivity index (χ2n) is 7.36. The van der Waals surface area contributed by atoms with Gasteiger partial charge in [0.05, 0.1) is 23.1 Å². The molecular weight excluding hydrogens is 412 g/mol. The molecule has 1 amide bonds. The van der Waals surface area contributed by atoms with Crippen LogP contribution < -0.4 is 15.1 Å². The van der Waals surface area contributed by atoms with Crippen molar-refractivity contribution in [1.82, 2.24) is 20.3 Å². The smallest absolute Gasteiger partial charge is 0.262 e. The molecule has 5 heterocycles. The zero-order valence-electron chi connectivity index (χ0n) is 17.1. The summed E-state index contributed by atoms with van der Waals surface area (Å²) in [6, 6.07) is 9.62. The van der Waals surface area contributed by atoms with Crippen molar-refractivity contribution in [1.29, 1.82) is 0 Å². The van der Waals surface area contributed by atoms with Crippen LogP contribution in [0.15, 0.2) is 53.5 Å². The summed E-state index contributed by atoms with van der Waals surface area (Å²) in [6.45, 7) is 5.71. The number of furan rings is 1. The molecule has 1 fully saturated rings. The summed E-state index contributed by atoms with van der Waals surface area (Å²) in [4.78, 5) is 32.3. The molecule has 0 saturated carbocycles. The molecule has 31 heavy (non-hydrogen) atoms. The van der Waals surface area contributed by atoms with Crippen molar-refractivity contribution < 1.29 is 9.21 Å². The Morgan fingerprint density at radius 1 is 1.10 bits per heavy atom. The zero-order valence-corrected chi connectivity index (χ0v) is 17.9. The van der Waals surface area contributed by atoms with Crippen molar-refractivity contribution in [2.75, 3.05) is 36.0 Å². The average molecular weight is 435 g/mol. The first-order valence-corrected chi connectivity index (χ1v) is 11.0. The van der Waals surface area contributed by atoms with Gasteiger partial charge in [0, 0.05) is 32.4 Å². The fourth-order valence-corrected chi connectivity index (χ4v) is 4.92. The van der Waals surface area contributed by atoms with Crippen molar-refractivity contribution >= 4 is 39.1 Å². The Morgan fingerprint density at radius 2 is 1.94 bits per heavy atom. The van der Waals surface area contributed by atoms with E-state index in [1.54, 1.807) is 12.6 Å². The highest BCUT2D eigenvalue weighted by atomic mass is 32.1. The molecule has 1 N–H and O–H groups in total. The number of aryl methyl sites for hydroxylation is 1. The number of fused-ring (bicyclic) bond motifs is 1. The highest BCUT2D eigenvalue weighted by Gasteiger charge is 2.25. The van der Waals surface area contributed by atoms with Gasteiger partial charge in [0.2, 0.25) is 0 Å². The Bertz CT molecular complexity index is 1180. The molecule has 5 rings (SSSR count). The predicted octanol–water partition coefficient (Wildman–Crippen LogP) is 3.24. The number of rotatable bonds is 5. The quantitative estimate of drug-likeness (QED) is 0.516. The van der Waals surface area contributed by atoms with Crippen LogP contribution in [0, 0.1) is 6.92 Å². The summed E-state index contributed by atoms with van der Waals surface area (Å²) in [6.07, 6.45) is 5.01. The molecule has 0 aliphatic carbocycles. The van der Waals surface area contributed by atoms with E-state index in [1.807, 2.05) is 43.5 Å². The van der Waals surface area contributed by atoms with E-state index >= 15 is 0 Å². The second-order valence-corrected chi connectivity index (χ2v) is 8.36. The summed E-state index contributed by atoms with van der Waals surface area (Å²) in [5, 5.41) is 3.89. The van der Waals surface area contributed by atoms with Gasteiger partial charge in [-0.2, -0.15) is 0 Å². The molecule has 4 aromatic rings. The Balaban J connectivity index is 1.36. The van der Waals surface area contributed by atoms with Crippen LogP contribution in [-0.4, -0.2) is 47.0 Å². The average Bonchev–Trinajstić information content (AvgIpc) is 3.46. The highest BCUT2D eigenvalue weighted by molar-refractivity contribution is 7.20. The number of thiophene rings is 1. The van der Waals surface area contributed by atoms with Gasteiger partial charge in [-0.25, -0.2) is 15.0 Å². The molecule has 8 nitrogen and oxygen atoms in total. The number of amides is 1. The molecular formula is C22H22N6O2S. The lowest BCUT2D eigenvalue weighted by Gasteiger charge is -2.36. The lowest BCUT2D eigenvalue weighted by Crippen LogP contribution is -2.47. The van der Waals surface area contributed by atoms with Crippen LogP contribution in [0.2, 0.25) is 0 Å². The van der Waals surface area contributed by atoms with Gasteiger partial charge in [0.25, 0.3) is 5.91 Å². The normalized spacial score (nSPS) is 14.2. The van der Waals surface area contributed by atoms with Gasteiger partial charge >= 0.3 is 0 Å². The van der Waals surface area contributed by atoms with Gasteiger partial charge < -0.3 is 19.5 Å². The van der Waals surface area contributed by atoms with E-state index in [9.17, 15) is 4.79 Å². The number of nitrogens with zero attached hydrogens (tertiary/aromatic N) is 5. The molecule has 0 bridgehead atoms. The number of nitrogens with one attached hydrogen (secondary N) is 1. The third-order valence-corrected chi connectivity index (χ3v) is 6.67. The van der Waals surface area contributed by atoms with Crippen molar-refractivity contribution in [2.45, 2.75) is 13.5 Å². The molecule has 0 radical (unpaired) electrons. The van der Waals surface area contributed by atoms with Crippen LogP contribution in [0.25, 0.3) is 10.2 Å². The minimum absolute atomic E-state index is 0.122. The lowest BCUT2D eigenvalue weighted by atomic mass is 10.1. The number of pyridine rings is 1. The summed E-state index contributed by atoms with van der Waals surface area (Å²) < 4.78 is 5.30. The maximum Gasteiger partial charge on any atom is 0.262 e. The third-order valence-electron chi connectivity index (χ3n) is 5.47. The van der Waals surface area contributed by atoms with Crippen LogP contribution in [0.3, 0.4) is 0 Å². The largest absolute Gasteiger partial charge is 0.467 e. The molecule has 158 valence electrons. The molecule has 1 aliphatic heterocycles. The van der Waals surface area contributed by atoms with Crippen LogP contribution in [0.5, 0.6) is 0 Å². The van der Waals surface area contributed by atoms with Crippen molar-refractivity contribution in [2.24, 2.45) is 0 Å². The number of hydrogen-bond acceptors (Lipinski definition) is 8. The monoisotopic (exact) mass is 434 g/mol. The lowest BCUT2D eigenvalue weighted by molar-refractivity contribution is 0.0951. The SMILES string of the molecule is Cc1c(C(=O)NCc2ccco2)sc2ncnc(N3CCN(c4ccccn4)CC3)c12. The van der Waals surface area contributed by atoms with Crippen LogP contribution in [0.1, 0.15) is 21.0 Å². The molecule has 1 aliphatic rings. The topological polar surface area (TPSA) is 87.4 Å². The van der Waals surface area contributed by atoms with E-state index in [2.05, 4.69) is 30.1 Å². The third kappa shape index (κ3) is 3.84. The number of anilines is 2. The van der Waals surface area contributed by atoms with E-state index in [1.165, 1.54) is 11.3 Å². The Hall–Kier alpha value is -3.46. The van der Waals surface area contributed by atoms with Gasteiger partial charge in [0.15, 0.2) is 0 Å². The molecule has 4 aromatic heterocycles. The van der Waals surface area contributed by atoms with E-state index in [0.29, 0.717) is 11.4 Å². The summed E-state index contributed by atoms with van der Waals surface area (Å²) in [7, 11) is 0. The summed E-state index contributed by atoms with van der Waals surface area (Å²) in [5.41, 5.74) is 0.916. The number of hydrogen-bond donors (Lipinski definition) is 1. The minimum Gasteiger partial charge on any atom is -0.467 e. The highest BCUT2D eigenvalue weighted by Crippen LogP contribution is 2.35. The molecule has 1 saturated heterocycles. The zero-order chi connectivity index (χ0) is 21.2. The summed E-state index contributed by atoms with van der Waals surface area (Å²) >= 11 is 1.40. The fourth-order valence-electron chi connectivity index (χ4n) is 3.86. The van der Waals surface area contributed by atoms with Gasteiger partial charge in [-0.3, -0.25) is 4.79 Å². The number of carbonyl (C=O) groups is 1. The number of carbonyl (C=O) groups excluding carboxylic acids is 1. The van der Waals surface area contributed by atoms with Gasteiger partial charge in [0.1, 0.15) is 28.6 Å². The van der Waals surface area contributed by atoms with Crippen LogP contribution in [-0.2, 0) is 6.54 Å². The Kier molecular flexibility index (Phi) is 5.25. The second kappa shape index (κ2) is 8.35. The molecule has 0 spiro atoms. The standard InChI is InChI=1S/C22H22N6O2S/c1-15-18-20(28-10-8-27(9-11-28)17-6-2-3-7-23-17)25-14-26-22(18)31-19(15)21(29)24-13-16-5-4-12-30-16/h2-7,12,14H,8-11,13H2,1H3,(H,24,29). The first kappa shape index (κ1) is 19.5. The number of aromatic nitrogens is 3. The van der Waals surface area contributed by atoms with E-state index < -0.39 is 0 Å².